The van der Waals surface area contributed by atoms with Gasteiger partial charge in [0.2, 0.25) is 10.0 Å². The predicted octanol–water partition coefficient (Wildman–Crippen LogP) is 0.816. The van der Waals surface area contributed by atoms with Crippen molar-refractivity contribution in [2.75, 3.05) is 26.3 Å². The molecule has 6 nitrogen and oxygen atoms in total. The minimum Gasteiger partial charge on any atom is -0.486 e. The van der Waals surface area contributed by atoms with Crippen molar-refractivity contribution in [1.29, 1.82) is 0 Å². The molecule has 1 aromatic rings. The van der Waals surface area contributed by atoms with E-state index in [0.717, 1.165) is 12.8 Å². The Morgan fingerprint density at radius 1 is 1.14 bits per heavy atom. The van der Waals surface area contributed by atoms with Crippen LogP contribution in [0.4, 0.5) is 0 Å². The predicted molar refractivity (Wildman–Crippen MR) is 80.4 cm³/mol. The zero-order valence-electron chi connectivity index (χ0n) is 12.3. The number of ether oxygens (including phenoxy) is 2. The van der Waals surface area contributed by atoms with Crippen molar-refractivity contribution in [1.82, 2.24) is 4.31 Å². The third-order valence-corrected chi connectivity index (χ3v) is 6.88. The van der Waals surface area contributed by atoms with E-state index >= 15 is 0 Å². The molecule has 7 heteroatoms. The van der Waals surface area contributed by atoms with Crippen LogP contribution in [-0.2, 0) is 10.0 Å². The number of nitrogens with two attached hydrogens (primary N) is 1. The van der Waals surface area contributed by atoms with E-state index in [1.54, 1.807) is 22.5 Å². The van der Waals surface area contributed by atoms with Crippen molar-refractivity contribution in [3.8, 4) is 11.5 Å². The number of sulfonamides is 1. The van der Waals surface area contributed by atoms with Crippen LogP contribution in [0.2, 0.25) is 0 Å². The second-order valence-corrected chi connectivity index (χ2v) is 8.17. The summed E-state index contributed by atoms with van der Waals surface area (Å²) in [5.74, 6) is 1.52. The molecule has 2 heterocycles. The third kappa shape index (κ3) is 2.11. The first-order valence-corrected chi connectivity index (χ1v) is 9.16. The highest BCUT2D eigenvalue weighted by Gasteiger charge is 2.45. The molecule has 0 bridgehead atoms. The fourth-order valence-electron chi connectivity index (χ4n) is 3.85. The Hall–Kier alpha value is -1.31. The maximum Gasteiger partial charge on any atom is 0.246 e. The molecule has 2 N–H and O–H groups in total. The van der Waals surface area contributed by atoms with Crippen LogP contribution >= 0.6 is 0 Å². The zero-order chi connectivity index (χ0) is 15.3. The molecule has 1 aromatic carbocycles. The largest absolute Gasteiger partial charge is 0.486 e. The van der Waals surface area contributed by atoms with E-state index in [9.17, 15) is 8.42 Å². The monoisotopic (exact) mass is 324 g/mol. The van der Waals surface area contributed by atoms with Crippen molar-refractivity contribution in [2.24, 2.45) is 17.6 Å². The van der Waals surface area contributed by atoms with E-state index in [1.807, 2.05) is 0 Å². The van der Waals surface area contributed by atoms with Crippen LogP contribution in [0.25, 0.3) is 0 Å². The van der Waals surface area contributed by atoms with Gasteiger partial charge in [-0.2, -0.15) is 4.31 Å². The molecule has 1 aliphatic carbocycles. The topological polar surface area (TPSA) is 81.9 Å². The van der Waals surface area contributed by atoms with Gasteiger partial charge in [0.15, 0.2) is 11.5 Å². The van der Waals surface area contributed by atoms with E-state index in [4.69, 9.17) is 15.2 Å². The molecule has 3 aliphatic rings. The number of benzene rings is 1. The summed E-state index contributed by atoms with van der Waals surface area (Å²) in [6.45, 7) is 1.89. The second kappa shape index (κ2) is 5.11. The van der Waals surface area contributed by atoms with Gasteiger partial charge in [0.1, 0.15) is 18.1 Å². The summed E-state index contributed by atoms with van der Waals surface area (Å²) in [6, 6.07) is 5.15. The van der Waals surface area contributed by atoms with Gasteiger partial charge in [-0.15, -0.1) is 0 Å². The SMILES string of the molecule is NC1CCC2CN(S(=O)(=O)c3cccc4c3OCCO4)CC12. The van der Waals surface area contributed by atoms with Gasteiger partial charge in [-0.1, -0.05) is 6.07 Å². The van der Waals surface area contributed by atoms with Crippen LogP contribution in [0.3, 0.4) is 0 Å². The number of para-hydroxylation sites is 1. The summed E-state index contributed by atoms with van der Waals surface area (Å²) >= 11 is 0. The average molecular weight is 324 g/mol. The molecule has 3 unspecified atom stereocenters. The number of fused-ring (bicyclic) bond motifs is 2. The highest BCUT2D eigenvalue weighted by atomic mass is 32.2. The lowest BCUT2D eigenvalue weighted by Crippen LogP contribution is -2.34. The van der Waals surface area contributed by atoms with Crippen LogP contribution in [0.5, 0.6) is 11.5 Å². The minimum absolute atomic E-state index is 0.120. The van der Waals surface area contributed by atoms with Gasteiger partial charge in [0.25, 0.3) is 0 Å². The molecule has 3 atom stereocenters. The van der Waals surface area contributed by atoms with Gasteiger partial charge in [0.05, 0.1) is 0 Å². The van der Waals surface area contributed by atoms with Gasteiger partial charge in [-0.3, -0.25) is 0 Å². The smallest absolute Gasteiger partial charge is 0.246 e. The first-order valence-electron chi connectivity index (χ1n) is 7.72. The summed E-state index contributed by atoms with van der Waals surface area (Å²) < 4.78 is 38.6. The molecule has 120 valence electrons. The molecule has 2 fully saturated rings. The average Bonchev–Trinajstić information content (AvgIpc) is 3.10. The Balaban J connectivity index is 1.68. The van der Waals surface area contributed by atoms with Crippen molar-refractivity contribution in [3.63, 3.8) is 0 Å². The summed E-state index contributed by atoms with van der Waals surface area (Å²) in [4.78, 5) is 0.207. The molecular weight excluding hydrogens is 304 g/mol. The Kier molecular flexibility index (Phi) is 3.32. The van der Waals surface area contributed by atoms with E-state index in [2.05, 4.69) is 0 Å². The van der Waals surface area contributed by atoms with Crippen molar-refractivity contribution in [2.45, 2.75) is 23.8 Å². The molecule has 1 saturated carbocycles. The Morgan fingerprint density at radius 3 is 2.77 bits per heavy atom. The van der Waals surface area contributed by atoms with Crippen LogP contribution < -0.4 is 15.2 Å². The normalized spacial score (nSPS) is 31.2. The van der Waals surface area contributed by atoms with E-state index in [1.165, 1.54) is 0 Å². The molecule has 1 saturated heterocycles. The van der Waals surface area contributed by atoms with Gasteiger partial charge in [-0.25, -0.2) is 8.42 Å². The van der Waals surface area contributed by atoms with Crippen molar-refractivity contribution < 1.29 is 17.9 Å². The lowest BCUT2D eigenvalue weighted by atomic mass is 9.98. The maximum absolute atomic E-state index is 13.0. The zero-order valence-corrected chi connectivity index (χ0v) is 13.1. The third-order valence-electron chi connectivity index (χ3n) is 5.03. The molecule has 22 heavy (non-hydrogen) atoms. The van der Waals surface area contributed by atoms with Gasteiger partial charge in [-0.05, 0) is 36.8 Å². The van der Waals surface area contributed by atoms with E-state index in [0.29, 0.717) is 43.7 Å². The lowest BCUT2D eigenvalue weighted by molar-refractivity contribution is 0.166. The fourth-order valence-corrected chi connectivity index (χ4v) is 5.53. The number of hydrogen-bond donors (Lipinski definition) is 1. The molecule has 0 aromatic heterocycles. The molecule has 0 amide bonds. The van der Waals surface area contributed by atoms with E-state index < -0.39 is 10.0 Å². The standard InChI is InChI=1S/C15H20N2O4S/c16-12-5-4-10-8-17(9-11(10)12)22(18,19)14-3-1-2-13-15(14)21-7-6-20-13/h1-3,10-12H,4-9,16H2. The Morgan fingerprint density at radius 2 is 1.95 bits per heavy atom. The molecular formula is C15H20N2O4S. The van der Waals surface area contributed by atoms with Crippen LogP contribution in [-0.4, -0.2) is 45.1 Å². The van der Waals surface area contributed by atoms with Gasteiger partial charge < -0.3 is 15.2 Å². The maximum atomic E-state index is 13.0. The summed E-state index contributed by atoms with van der Waals surface area (Å²) in [5, 5.41) is 0. The number of hydrogen-bond acceptors (Lipinski definition) is 5. The number of nitrogens with zero attached hydrogens (tertiary/aromatic N) is 1. The Bertz CT molecular complexity index is 691. The van der Waals surface area contributed by atoms with E-state index in [-0.39, 0.29) is 16.9 Å². The quantitative estimate of drug-likeness (QED) is 0.871. The summed E-state index contributed by atoms with van der Waals surface area (Å²) in [6.07, 6.45) is 2.02. The van der Waals surface area contributed by atoms with Crippen LogP contribution in [0.15, 0.2) is 23.1 Å². The molecule has 0 spiro atoms. The highest BCUT2D eigenvalue weighted by Crippen LogP contribution is 2.42. The lowest BCUT2D eigenvalue weighted by Gasteiger charge is -2.24. The first kappa shape index (κ1) is 14.3. The summed E-state index contributed by atoms with van der Waals surface area (Å²) in [5.41, 5.74) is 6.11. The van der Waals surface area contributed by atoms with Crippen molar-refractivity contribution >= 4 is 10.0 Å². The van der Waals surface area contributed by atoms with Crippen LogP contribution in [0.1, 0.15) is 12.8 Å². The second-order valence-electron chi connectivity index (χ2n) is 6.27. The molecule has 4 rings (SSSR count). The van der Waals surface area contributed by atoms with Crippen molar-refractivity contribution in [3.05, 3.63) is 18.2 Å². The number of rotatable bonds is 2. The first-order chi connectivity index (χ1) is 10.6. The van der Waals surface area contributed by atoms with Gasteiger partial charge in [0, 0.05) is 19.1 Å². The fraction of sp³-hybridized carbons (Fsp3) is 0.600. The van der Waals surface area contributed by atoms with Gasteiger partial charge >= 0.3 is 0 Å². The highest BCUT2D eigenvalue weighted by molar-refractivity contribution is 7.89. The Labute approximate surface area is 130 Å². The minimum atomic E-state index is -3.57. The van der Waals surface area contributed by atoms with Crippen LogP contribution in [0, 0.1) is 11.8 Å². The molecule has 2 aliphatic heterocycles. The summed E-state index contributed by atoms with van der Waals surface area (Å²) in [7, 11) is -3.57. The molecule has 0 radical (unpaired) electrons.